The van der Waals surface area contributed by atoms with Crippen molar-refractivity contribution in [2.24, 2.45) is 0 Å². The Hall–Kier alpha value is -3.51. The van der Waals surface area contributed by atoms with Gasteiger partial charge in [0.1, 0.15) is 5.76 Å². The number of aromatic nitrogens is 2. The monoisotopic (exact) mass is 391 g/mol. The SMILES string of the molecule is O=C1C(=O)N(c2ncccn2)C(c2cccc(Cl)c2)/C1=C(/O)c1ccccc1. The molecule has 2 heterocycles. The molecule has 0 radical (unpaired) electrons. The van der Waals surface area contributed by atoms with Gasteiger partial charge in [-0.2, -0.15) is 0 Å². The third-order valence-electron chi connectivity index (χ3n) is 4.42. The van der Waals surface area contributed by atoms with E-state index in [1.807, 2.05) is 0 Å². The summed E-state index contributed by atoms with van der Waals surface area (Å²) in [6.45, 7) is 0. The maximum Gasteiger partial charge on any atom is 0.302 e. The minimum atomic E-state index is -0.902. The van der Waals surface area contributed by atoms with Crippen LogP contribution in [0.5, 0.6) is 0 Å². The molecule has 1 saturated heterocycles. The zero-order valence-corrected chi connectivity index (χ0v) is 15.2. The predicted molar refractivity (Wildman–Crippen MR) is 105 cm³/mol. The minimum absolute atomic E-state index is 0.0362. The molecule has 1 atom stereocenters. The van der Waals surface area contributed by atoms with E-state index in [4.69, 9.17) is 11.6 Å². The fraction of sp³-hybridized carbons (Fsp3) is 0.0476. The highest BCUT2D eigenvalue weighted by atomic mass is 35.5. The van der Waals surface area contributed by atoms with Crippen LogP contribution in [0.2, 0.25) is 5.02 Å². The number of amides is 1. The third-order valence-corrected chi connectivity index (χ3v) is 4.66. The Morgan fingerprint density at radius 1 is 0.964 bits per heavy atom. The van der Waals surface area contributed by atoms with Gasteiger partial charge in [-0.3, -0.25) is 14.5 Å². The molecule has 1 amide bonds. The van der Waals surface area contributed by atoms with Crippen LogP contribution in [0.3, 0.4) is 0 Å². The van der Waals surface area contributed by atoms with Crippen LogP contribution in [0.15, 0.2) is 78.6 Å². The number of aliphatic hydroxyl groups is 1. The van der Waals surface area contributed by atoms with E-state index in [1.54, 1.807) is 60.7 Å². The maximum atomic E-state index is 12.9. The fourth-order valence-corrected chi connectivity index (χ4v) is 3.40. The van der Waals surface area contributed by atoms with Gasteiger partial charge in [0.05, 0.1) is 11.6 Å². The molecule has 138 valence electrons. The van der Waals surface area contributed by atoms with Crippen molar-refractivity contribution in [3.05, 3.63) is 94.8 Å². The van der Waals surface area contributed by atoms with E-state index in [1.165, 1.54) is 17.3 Å². The molecular formula is C21H14ClN3O3. The molecule has 28 heavy (non-hydrogen) atoms. The Morgan fingerprint density at radius 2 is 1.68 bits per heavy atom. The number of halogens is 1. The molecule has 3 aromatic rings. The van der Waals surface area contributed by atoms with Gasteiger partial charge in [-0.05, 0) is 23.8 Å². The molecule has 0 saturated carbocycles. The summed E-state index contributed by atoms with van der Waals surface area (Å²) in [5.74, 6) is -1.81. The number of hydrogen-bond acceptors (Lipinski definition) is 5. The lowest BCUT2D eigenvalue weighted by Crippen LogP contribution is -2.31. The van der Waals surface area contributed by atoms with Crippen molar-refractivity contribution in [3.8, 4) is 0 Å². The number of aliphatic hydroxyl groups excluding tert-OH is 1. The molecule has 1 N–H and O–H groups in total. The number of ketones is 1. The number of Topliss-reactive ketones (excluding diaryl/α,β-unsaturated/α-hetero) is 1. The number of nitrogens with zero attached hydrogens (tertiary/aromatic N) is 3. The van der Waals surface area contributed by atoms with E-state index in [-0.39, 0.29) is 17.3 Å². The zero-order chi connectivity index (χ0) is 19.7. The summed E-state index contributed by atoms with van der Waals surface area (Å²) in [6, 6.07) is 16.1. The number of anilines is 1. The highest BCUT2D eigenvalue weighted by molar-refractivity contribution is 6.51. The van der Waals surface area contributed by atoms with Gasteiger partial charge in [0.2, 0.25) is 5.95 Å². The van der Waals surface area contributed by atoms with Crippen LogP contribution in [0.25, 0.3) is 5.76 Å². The van der Waals surface area contributed by atoms with Gasteiger partial charge in [0.15, 0.2) is 0 Å². The normalized spacial score (nSPS) is 18.5. The van der Waals surface area contributed by atoms with E-state index in [0.717, 1.165) is 0 Å². The summed E-state index contributed by atoms with van der Waals surface area (Å²) in [5.41, 5.74) is 0.962. The second kappa shape index (κ2) is 7.25. The standard InChI is InChI=1S/C21H14ClN3O3/c22-15-9-4-8-14(12-15)17-16(18(26)13-6-2-1-3-7-13)19(27)20(28)25(17)21-23-10-5-11-24-21/h1-12,17,26H/b18-16-. The quantitative estimate of drug-likeness (QED) is 0.417. The topological polar surface area (TPSA) is 83.4 Å². The minimum Gasteiger partial charge on any atom is -0.507 e. The first-order valence-corrected chi connectivity index (χ1v) is 8.84. The van der Waals surface area contributed by atoms with Gasteiger partial charge >= 0.3 is 5.91 Å². The van der Waals surface area contributed by atoms with E-state index in [0.29, 0.717) is 16.1 Å². The molecule has 1 aliphatic heterocycles. The van der Waals surface area contributed by atoms with Crippen molar-refractivity contribution < 1.29 is 14.7 Å². The summed E-state index contributed by atoms with van der Waals surface area (Å²) in [6.07, 6.45) is 2.96. The molecule has 4 rings (SSSR count). The number of rotatable bonds is 3. The third kappa shape index (κ3) is 3.04. The average molecular weight is 392 g/mol. The molecule has 1 unspecified atom stereocenters. The largest absolute Gasteiger partial charge is 0.507 e. The lowest BCUT2D eigenvalue weighted by molar-refractivity contribution is -0.132. The van der Waals surface area contributed by atoms with Crippen LogP contribution in [0, 0.1) is 0 Å². The molecule has 2 aromatic carbocycles. The summed E-state index contributed by atoms with van der Waals surface area (Å²) >= 11 is 6.14. The van der Waals surface area contributed by atoms with Crippen molar-refractivity contribution in [3.63, 3.8) is 0 Å². The lowest BCUT2D eigenvalue weighted by atomic mass is 9.95. The summed E-state index contributed by atoms with van der Waals surface area (Å²) in [7, 11) is 0. The van der Waals surface area contributed by atoms with E-state index in [2.05, 4.69) is 9.97 Å². The van der Waals surface area contributed by atoms with E-state index in [9.17, 15) is 14.7 Å². The van der Waals surface area contributed by atoms with Crippen LogP contribution >= 0.6 is 11.6 Å². The lowest BCUT2D eigenvalue weighted by Gasteiger charge is -2.23. The molecule has 1 aliphatic rings. The average Bonchev–Trinajstić information content (AvgIpc) is 3.00. The van der Waals surface area contributed by atoms with Crippen LogP contribution in [-0.4, -0.2) is 26.8 Å². The Kier molecular flexibility index (Phi) is 4.63. The first kappa shape index (κ1) is 17.9. The maximum absolute atomic E-state index is 12.9. The van der Waals surface area contributed by atoms with Crippen LogP contribution < -0.4 is 4.90 Å². The van der Waals surface area contributed by atoms with Gasteiger partial charge in [-0.15, -0.1) is 0 Å². The van der Waals surface area contributed by atoms with Crippen molar-refractivity contribution in [2.75, 3.05) is 4.90 Å². The molecule has 1 aromatic heterocycles. The van der Waals surface area contributed by atoms with Gasteiger partial charge < -0.3 is 5.11 Å². The summed E-state index contributed by atoms with van der Waals surface area (Å²) in [4.78, 5) is 35.1. The van der Waals surface area contributed by atoms with Crippen LogP contribution in [-0.2, 0) is 9.59 Å². The molecule has 0 bridgehead atoms. The fourth-order valence-electron chi connectivity index (χ4n) is 3.20. The van der Waals surface area contributed by atoms with Gasteiger partial charge in [0.25, 0.3) is 5.78 Å². The Balaban J connectivity index is 1.96. The Labute approximate surface area is 165 Å². The molecule has 0 spiro atoms. The second-order valence-electron chi connectivity index (χ2n) is 6.14. The highest BCUT2D eigenvalue weighted by Gasteiger charge is 2.48. The Bertz CT molecular complexity index is 1080. The van der Waals surface area contributed by atoms with Crippen molar-refractivity contribution in [1.29, 1.82) is 0 Å². The van der Waals surface area contributed by atoms with Crippen LogP contribution in [0.4, 0.5) is 5.95 Å². The van der Waals surface area contributed by atoms with Crippen LogP contribution in [0.1, 0.15) is 17.2 Å². The molecule has 6 nitrogen and oxygen atoms in total. The van der Waals surface area contributed by atoms with E-state index >= 15 is 0 Å². The highest BCUT2D eigenvalue weighted by Crippen LogP contribution is 2.41. The van der Waals surface area contributed by atoms with E-state index < -0.39 is 17.7 Å². The van der Waals surface area contributed by atoms with Crippen molar-refractivity contribution in [2.45, 2.75) is 6.04 Å². The predicted octanol–water partition coefficient (Wildman–Crippen LogP) is 3.76. The van der Waals surface area contributed by atoms with Gasteiger partial charge in [-0.25, -0.2) is 9.97 Å². The molecule has 0 aliphatic carbocycles. The Morgan fingerprint density at radius 3 is 2.36 bits per heavy atom. The summed E-state index contributed by atoms with van der Waals surface area (Å²) < 4.78 is 0. The smallest absolute Gasteiger partial charge is 0.302 e. The van der Waals surface area contributed by atoms with Gasteiger partial charge in [0, 0.05) is 23.0 Å². The van der Waals surface area contributed by atoms with Crippen molar-refractivity contribution in [1.82, 2.24) is 9.97 Å². The number of benzene rings is 2. The van der Waals surface area contributed by atoms with Gasteiger partial charge in [-0.1, -0.05) is 54.1 Å². The molecule has 1 fully saturated rings. The number of carbonyl (C=O) groups excluding carboxylic acids is 2. The zero-order valence-electron chi connectivity index (χ0n) is 14.5. The summed E-state index contributed by atoms with van der Waals surface area (Å²) in [5, 5.41) is 11.3. The number of carbonyl (C=O) groups is 2. The second-order valence-corrected chi connectivity index (χ2v) is 6.58. The van der Waals surface area contributed by atoms with Crippen molar-refractivity contribution >= 4 is 35.0 Å². The first-order chi connectivity index (χ1) is 13.6. The number of hydrogen-bond donors (Lipinski definition) is 1. The first-order valence-electron chi connectivity index (χ1n) is 8.47. The molecular weight excluding hydrogens is 378 g/mol. The molecule has 7 heteroatoms.